The molecule has 1 nitrogen and oxygen atoms in total. The van der Waals surface area contributed by atoms with E-state index in [0.717, 1.165) is 6.42 Å². The Morgan fingerprint density at radius 3 is 2.31 bits per heavy atom. The molecule has 0 amide bonds. The van der Waals surface area contributed by atoms with Crippen molar-refractivity contribution in [3.63, 3.8) is 0 Å². The van der Waals surface area contributed by atoms with E-state index in [1.54, 1.807) is 0 Å². The van der Waals surface area contributed by atoms with Gasteiger partial charge in [-0.05, 0) is 24.1 Å². The Morgan fingerprint density at radius 1 is 1.23 bits per heavy atom. The molecule has 0 radical (unpaired) electrons. The summed E-state index contributed by atoms with van der Waals surface area (Å²) in [5.74, 6) is 2.00. The summed E-state index contributed by atoms with van der Waals surface area (Å²) < 4.78 is 0. The summed E-state index contributed by atoms with van der Waals surface area (Å²) in [6.07, 6.45) is 3.15. The molecule has 0 saturated heterocycles. The lowest BCUT2D eigenvalue weighted by molar-refractivity contribution is 1.13. The Bertz CT molecular complexity index is 275. The van der Waals surface area contributed by atoms with Gasteiger partial charge in [-0.15, -0.1) is 9.24 Å². The Kier molecular flexibility index (Phi) is 3.98. The molecule has 1 rings (SSSR count). The fourth-order valence-electron chi connectivity index (χ4n) is 1.13. The average Bonchev–Trinajstić information content (AvgIpc) is 2.15. The predicted octanol–water partition coefficient (Wildman–Crippen LogP) is 2.68. The second-order valence-electron chi connectivity index (χ2n) is 3.19. The molecule has 0 aliphatic rings. The van der Waals surface area contributed by atoms with Crippen molar-refractivity contribution in [1.82, 2.24) is 0 Å². The minimum absolute atomic E-state index is 1.01. The highest BCUT2D eigenvalue weighted by molar-refractivity contribution is 7.20. The fraction of sp³-hybridized carbons (Fsp3) is 0.273. The maximum Gasteiger partial charge on any atom is 0.0361 e. The number of hydrogen-bond acceptors (Lipinski definition) is 1. The van der Waals surface area contributed by atoms with Crippen LogP contribution in [0.25, 0.3) is 0 Å². The van der Waals surface area contributed by atoms with E-state index in [-0.39, 0.29) is 0 Å². The zero-order valence-electron chi connectivity index (χ0n) is 8.20. The molecule has 0 aromatic heterocycles. The predicted molar refractivity (Wildman–Crippen MR) is 63.3 cm³/mol. The number of anilines is 1. The van der Waals surface area contributed by atoms with E-state index in [2.05, 4.69) is 58.6 Å². The molecule has 1 atom stereocenters. The third-order valence-electron chi connectivity index (χ3n) is 1.94. The Hall–Kier alpha value is -0.810. The van der Waals surface area contributed by atoms with E-state index in [4.69, 9.17) is 0 Å². The van der Waals surface area contributed by atoms with Gasteiger partial charge >= 0.3 is 0 Å². The average molecular weight is 193 g/mol. The van der Waals surface area contributed by atoms with E-state index in [9.17, 15) is 0 Å². The summed E-state index contributed by atoms with van der Waals surface area (Å²) in [4.78, 5) is 2.11. The monoisotopic (exact) mass is 193 g/mol. The minimum atomic E-state index is 1.01. The van der Waals surface area contributed by atoms with Crippen LogP contribution in [0.4, 0.5) is 5.69 Å². The van der Waals surface area contributed by atoms with Gasteiger partial charge in [0.2, 0.25) is 0 Å². The van der Waals surface area contributed by atoms with Crippen LogP contribution in [-0.2, 0) is 6.42 Å². The molecule has 0 fully saturated rings. The smallest absolute Gasteiger partial charge is 0.0361 e. The topological polar surface area (TPSA) is 3.24 Å². The molecular weight excluding hydrogens is 177 g/mol. The summed E-state index contributed by atoms with van der Waals surface area (Å²) in [5.41, 5.74) is 2.60. The molecule has 1 aromatic rings. The molecule has 0 N–H and O–H groups in total. The SMILES string of the molecule is CN(C)c1ccc(CC=CP)cc1. The van der Waals surface area contributed by atoms with Crippen LogP contribution in [0.1, 0.15) is 5.56 Å². The lowest BCUT2D eigenvalue weighted by Crippen LogP contribution is -2.08. The molecule has 0 aliphatic heterocycles. The van der Waals surface area contributed by atoms with E-state index >= 15 is 0 Å². The second-order valence-corrected chi connectivity index (χ2v) is 3.58. The summed E-state index contributed by atoms with van der Waals surface area (Å²) in [7, 11) is 6.69. The van der Waals surface area contributed by atoms with Gasteiger partial charge in [0.1, 0.15) is 0 Å². The van der Waals surface area contributed by atoms with E-state index in [1.807, 2.05) is 5.82 Å². The van der Waals surface area contributed by atoms with Gasteiger partial charge in [0.15, 0.2) is 0 Å². The quantitative estimate of drug-likeness (QED) is 0.667. The van der Waals surface area contributed by atoms with Crippen LogP contribution in [0.5, 0.6) is 0 Å². The highest BCUT2D eigenvalue weighted by atomic mass is 31.0. The van der Waals surface area contributed by atoms with Crippen molar-refractivity contribution in [3.8, 4) is 0 Å². The van der Waals surface area contributed by atoms with E-state index in [0.29, 0.717) is 0 Å². The molecule has 0 aliphatic carbocycles. The summed E-state index contributed by atoms with van der Waals surface area (Å²) in [6.45, 7) is 0. The van der Waals surface area contributed by atoms with Gasteiger partial charge in [-0.3, -0.25) is 0 Å². The zero-order valence-corrected chi connectivity index (χ0v) is 9.35. The number of benzene rings is 1. The normalized spacial score (nSPS) is 10.7. The van der Waals surface area contributed by atoms with Gasteiger partial charge in [0, 0.05) is 19.8 Å². The summed E-state index contributed by atoms with van der Waals surface area (Å²) >= 11 is 0. The molecule has 2 heteroatoms. The van der Waals surface area contributed by atoms with Crippen LogP contribution >= 0.6 is 9.24 Å². The highest BCUT2D eigenvalue weighted by Gasteiger charge is 1.93. The van der Waals surface area contributed by atoms with Crippen molar-refractivity contribution in [2.45, 2.75) is 6.42 Å². The standard InChI is InChI=1S/C11H16NP/c1-12(2)11-7-5-10(6-8-11)4-3-9-13/h3,5-9H,4,13H2,1-2H3. The van der Waals surface area contributed by atoms with Gasteiger partial charge < -0.3 is 4.90 Å². The maximum absolute atomic E-state index is 2.59. The molecule has 0 saturated carbocycles. The van der Waals surface area contributed by atoms with Crippen LogP contribution < -0.4 is 4.90 Å². The first-order chi connectivity index (χ1) is 6.24. The van der Waals surface area contributed by atoms with Crippen LogP contribution in [0, 0.1) is 0 Å². The Balaban J connectivity index is 2.69. The first kappa shape index (κ1) is 10.3. The van der Waals surface area contributed by atoms with E-state index < -0.39 is 0 Å². The first-order valence-electron chi connectivity index (χ1n) is 4.37. The summed E-state index contributed by atoms with van der Waals surface area (Å²) in [5, 5.41) is 0. The van der Waals surface area contributed by atoms with Gasteiger partial charge in [-0.2, -0.15) is 0 Å². The van der Waals surface area contributed by atoms with Crippen LogP contribution in [0.3, 0.4) is 0 Å². The van der Waals surface area contributed by atoms with Crippen molar-refractivity contribution >= 4 is 14.9 Å². The number of nitrogens with zero attached hydrogens (tertiary/aromatic N) is 1. The molecule has 1 unspecified atom stereocenters. The number of rotatable bonds is 3. The lowest BCUT2D eigenvalue weighted by Gasteiger charge is -2.12. The molecule has 70 valence electrons. The minimum Gasteiger partial charge on any atom is -0.378 e. The Labute approximate surface area is 82.7 Å². The third-order valence-corrected chi connectivity index (χ3v) is 2.21. The van der Waals surface area contributed by atoms with Crippen molar-refractivity contribution in [2.24, 2.45) is 0 Å². The molecule has 13 heavy (non-hydrogen) atoms. The fourth-order valence-corrected chi connectivity index (χ4v) is 1.27. The van der Waals surface area contributed by atoms with Gasteiger partial charge in [0.25, 0.3) is 0 Å². The summed E-state index contributed by atoms with van der Waals surface area (Å²) in [6, 6.07) is 8.62. The highest BCUT2D eigenvalue weighted by Crippen LogP contribution is 2.12. The number of hydrogen-bond donors (Lipinski definition) is 0. The first-order valence-corrected chi connectivity index (χ1v) is 5.03. The molecule has 1 aromatic carbocycles. The van der Waals surface area contributed by atoms with Gasteiger partial charge in [-0.1, -0.05) is 24.0 Å². The second kappa shape index (κ2) is 5.04. The van der Waals surface area contributed by atoms with Crippen molar-refractivity contribution in [3.05, 3.63) is 41.7 Å². The largest absolute Gasteiger partial charge is 0.378 e. The molecular formula is C11H16NP. The van der Waals surface area contributed by atoms with Gasteiger partial charge in [-0.25, -0.2) is 0 Å². The zero-order chi connectivity index (χ0) is 9.68. The molecule has 0 heterocycles. The third kappa shape index (κ3) is 3.20. The molecule has 0 bridgehead atoms. The Morgan fingerprint density at radius 2 is 1.85 bits per heavy atom. The number of allylic oxidation sites excluding steroid dienone is 1. The maximum atomic E-state index is 2.59. The van der Waals surface area contributed by atoms with Crippen molar-refractivity contribution < 1.29 is 0 Å². The van der Waals surface area contributed by atoms with Crippen molar-refractivity contribution in [2.75, 3.05) is 19.0 Å². The molecule has 0 spiro atoms. The van der Waals surface area contributed by atoms with Crippen LogP contribution in [0.15, 0.2) is 36.2 Å². The van der Waals surface area contributed by atoms with Crippen molar-refractivity contribution in [1.29, 1.82) is 0 Å². The van der Waals surface area contributed by atoms with Crippen LogP contribution in [-0.4, -0.2) is 14.1 Å². The van der Waals surface area contributed by atoms with Gasteiger partial charge in [0.05, 0.1) is 0 Å². The lowest BCUT2D eigenvalue weighted by atomic mass is 10.1. The van der Waals surface area contributed by atoms with Crippen LogP contribution in [0.2, 0.25) is 0 Å². The van der Waals surface area contributed by atoms with E-state index in [1.165, 1.54) is 11.3 Å².